The van der Waals surface area contributed by atoms with E-state index in [2.05, 4.69) is 0 Å². The summed E-state index contributed by atoms with van der Waals surface area (Å²) in [6, 6.07) is 1.06. The average Bonchev–Trinajstić information content (AvgIpc) is 2.57. The van der Waals surface area contributed by atoms with Crippen molar-refractivity contribution in [1.82, 2.24) is 0 Å². The van der Waals surface area contributed by atoms with E-state index in [1.54, 1.807) is 0 Å². The van der Waals surface area contributed by atoms with Gasteiger partial charge in [-0.25, -0.2) is 22.0 Å². The van der Waals surface area contributed by atoms with E-state index in [-0.39, 0.29) is 38.4 Å². The summed E-state index contributed by atoms with van der Waals surface area (Å²) in [5.74, 6) is -0.497. The summed E-state index contributed by atoms with van der Waals surface area (Å²) in [7, 11) is -7.55. The van der Waals surface area contributed by atoms with Gasteiger partial charge in [-0.15, -0.1) is 11.3 Å². The molecule has 6 nitrogen and oxygen atoms in total. The van der Waals surface area contributed by atoms with Crippen LogP contribution in [0, 0.1) is 0 Å². The molecule has 1 aromatic rings. The van der Waals surface area contributed by atoms with Crippen LogP contribution < -0.4 is 5.14 Å². The van der Waals surface area contributed by atoms with Crippen LogP contribution in [0.25, 0.3) is 0 Å². The SMILES string of the molecule is NS(=O)(=O)c1cc2c(s1)S(=O)(=O)CCCC2=O. The molecule has 0 atom stereocenters. The second kappa shape index (κ2) is 3.87. The van der Waals surface area contributed by atoms with Gasteiger partial charge in [0.15, 0.2) is 15.6 Å². The predicted molar refractivity (Wildman–Crippen MR) is 61.3 cm³/mol. The highest BCUT2D eigenvalue weighted by Crippen LogP contribution is 2.34. The van der Waals surface area contributed by atoms with Gasteiger partial charge in [0, 0.05) is 12.0 Å². The highest BCUT2D eigenvalue weighted by Gasteiger charge is 2.31. The molecule has 94 valence electrons. The topological polar surface area (TPSA) is 111 Å². The largest absolute Gasteiger partial charge is 0.294 e. The number of carbonyl (C=O) groups excluding carboxylic acids is 1. The summed E-state index contributed by atoms with van der Waals surface area (Å²) in [5, 5.41) is 4.92. The second-order valence-corrected chi connectivity index (χ2v) is 8.80. The Hall–Kier alpha value is -0.770. The van der Waals surface area contributed by atoms with Crippen LogP contribution in [0.5, 0.6) is 0 Å². The molecule has 0 unspecified atom stereocenters. The van der Waals surface area contributed by atoms with Crippen molar-refractivity contribution in [2.24, 2.45) is 5.14 Å². The monoisotopic (exact) mass is 295 g/mol. The zero-order valence-electron chi connectivity index (χ0n) is 8.54. The van der Waals surface area contributed by atoms with Gasteiger partial charge >= 0.3 is 0 Å². The summed E-state index contributed by atoms with van der Waals surface area (Å²) >= 11 is 0.545. The molecule has 0 aromatic carbocycles. The molecule has 1 aromatic heterocycles. The molecule has 0 spiro atoms. The lowest BCUT2D eigenvalue weighted by Gasteiger charge is -1.96. The zero-order valence-corrected chi connectivity index (χ0v) is 11.0. The Morgan fingerprint density at radius 3 is 2.59 bits per heavy atom. The summed E-state index contributed by atoms with van der Waals surface area (Å²) in [4.78, 5) is 11.6. The molecule has 1 aliphatic rings. The van der Waals surface area contributed by atoms with E-state index in [0.29, 0.717) is 11.3 Å². The van der Waals surface area contributed by atoms with Gasteiger partial charge in [0.25, 0.3) is 0 Å². The van der Waals surface area contributed by atoms with Gasteiger partial charge in [0.05, 0.1) is 5.75 Å². The maximum atomic E-state index is 11.8. The first kappa shape index (κ1) is 12.7. The summed E-state index contributed by atoms with van der Waals surface area (Å²) in [6.45, 7) is 0. The lowest BCUT2D eigenvalue weighted by molar-refractivity contribution is 0.0981. The van der Waals surface area contributed by atoms with Crippen molar-refractivity contribution in [3.63, 3.8) is 0 Å². The molecule has 0 amide bonds. The van der Waals surface area contributed by atoms with Crippen LogP contribution in [-0.4, -0.2) is 28.4 Å². The van der Waals surface area contributed by atoms with E-state index < -0.39 is 19.9 Å². The molecule has 2 N–H and O–H groups in total. The normalized spacial score (nSPS) is 19.7. The van der Waals surface area contributed by atoms with Crippen LogP contribution in [0.3, 0.4) is 0 Å². The van der Waals surface area contributed by atoms with Gasteiger partial charge < -0.3 is 0 Å². The second-order valence-electron chi connectivity index (χ2n) is 3.66. The fraction of sp³-hybridized carbons (Fsp3) is 0.375. The van der Waals surface area contributed by atoms with Gasteiger partial charge in [0.1, 0.15) is 8.42 Å². The quantitative estimate of drug-likeness (QED) is 0.792. The number of hydrogen-bond acceptors (Lipinski definition) is 6. The first-order valence-corrected chi connectivity index (χ1v) is 8.66. The average molecular weight is 295 g/mol. The Kier molecular flexibility index (Phi) is 2.89. The van der Waals surface area contributed by atoms with Gasteiger partial charge in [-0.3, -0.25) is 4.79 Å². The van der Waals surface area contributed by atoms with Crippen molar-refractivity contribution in [3.8, 4) is 0 Å². The molecule has 0 saturated heterocycles. The van der Waals surface area contributed by atoms with Crippen LogP contribution in [0.15, 0.2) is 14.5 Å². The maximum Gasteiger partial charge on any atom is 0.247 e. The Morgan fingerprint density at radius 1 is 1.35 bits per heavy atom. The minimum absolute atomic E-state index is 0.0449. The number of Topliss-reactive ketones (excluding diaryl/α,β-unsaturated/α-hetero) is 1. The molecule has 17 heavy (non-hydrogen) atoms. The molecule has 0 bridgehead atoms. The highest BCUT2D eigenvalue weighted by molar-refractivity contribution is 7.95. The van der Waals surface area contributed by atoms with Gasteiger partial charge in [0.2, 0.25) is 10.0 Å². The summed E-state index contributed by atoms with van der Waals surface area (Å²) in [5.41, 5.74) is -0.0449. The Morgan fingerprint density at radius 2 is 2.00 bits per heavy atom. The molecule has 2 heterocycles. The van der Waals surface area contributed by atoms with Gasteiger partial charge in [-0.2, -0.15) is 0 Å². The third kappa shape index (κ3) is 2.28. The molecule has 0 fully saturated rings. The number of rotatable bonds is 1. The zero-order chi connectivity index (χ0) is 12.8. The van der Waals surface area contributed by atoms with Crippen molar-refractivity contribution in [3.05, 3.63) is 11.6 Å². The highest BCUT2D eigenvalue weighted by atomic mass is 32.3. The number of hydrogen-bond donors (Lipinski definition) is 1. The van der Waals surface area contributed by atoms with Gasteiger partial charge in [-0.1, -0.05) is 0 Å². The van der Waals surface area contributed by atoms with Crippen molar-refractivity contribution < 1.29 is 21.6 Å². The standard InChI is InChI=1S/C8H9NO5S3/c9-17(13,14)7-4-5-6(10)2-1-3-16(11,12)8(5)15-7/h4H,1-3H2,(H2,9,13,14). The number of thiophene rings is 1. The molecular formula is C8H9NO5S3. The number of fused-ring (bicyclic) bond motifs is 1. The Balaban J connectivity index is 2.74. The number of primary sulfonamides is 1. The summed E-state index contributed by atoms with van der Waals surface area (Å²) in [6.07, 6.45) is 0.361. The molecule has 0 aliphatic carbocycles. The van der Waals surface area contributed by atoms with Crippen molar-refractivity contribution in [2.45, 2.75) is 21.3 Å². The van der Waals surface area contributed by atoms with E-state index in [0.717, 1.165) is 6.07 Å². The van der Waals surface area contributed by atoms with E-state index >= 15 is 0 Å². The van der Waals surface area contributed by atoms with Crippen molar-refractivity contribution in [2.75, 3.05) is 5.75 Å². The fourth-order valence-electron chi connectivity index (χ4n) is 1.57. The number of ketones is 1. The fourth-order valence-corrected chi connectivity index (χ4v) is 5.61. The molecule has 1 aliphatic heterocycles. The predicted octanol–water partition coefficient (Wildman–Crippen LogP) is 0.146. The van der Waals surface area contributed by atoms with E-state index in [4.69, 9.17) is 5.14 Å². The minimum Gasteiger partial charge on any atom is -0.294 e. The van der Waals surface area contributed by atoms with Crippen LogP contribution in [-0.2, 0) is 19.9 Å². The smallest absolute Gasteiger partial charge is 0.247 e. The molecular weight excluding hydrogens is 286 g/mol. The van der Waals surface area contributed by atoms with E-state index in [1.807, 2.05) is 0 Å². The Labute approximate surface area is 102 Å². The first-order valence-electron chi connectivity index (χ1n) is 4.64. The van der Waals surface area contributed by atoms with Crippen LogP contribution in [0.4, 0.5) is 0 Å². The lowest BCUT2D eigenvalue weighted by atomic mass is 10.1. The molecule has 0 radical (unpaired) electrons. The molecule has 0 saturated carbocycles. The van der Waals surface area contributed by atoms with Crippen molar-refractivity contribution in [1.29, 1.82) is 0 Å². The summed E-state index contributed by atoms with van der Waals surface area (Å²) < 4.78 is 45.4. The third-order valence-electron chi connectivity index (χ3n) is 2.36. The number of sulfonamides is 1. The minimum atomic E-state index is -3.98. The maximum absolute atomic E-state index is 11.8. The number of carbonyl (C=O) groups is 1. The molecule has 2 rings (SSSR count). The first-order chi connectivity index (χ1) is 7.72. The van der Waals surface area contributed by atoms with Gasteiger partial charge in [-0.05, 0) is 12.5 Å². The third-order valence-corrected chi connectivity index (χ3v) is 7.33. The number of nitrogens with two attached hydrogens (primary N) is 1. The molecule has 9 heteroatoms. The van der Waals surface area contributed by atoms with Crippen molar-refractivity contribution >= 4 is 37.0 Å². The van der Waals surface area contributed by atoms with Crippen LogP contribution in [0.2, 0.25) is 0 Å². The lowest BCUT2D eigenvalue weighted by Crippen LogP contribution is -2.10. The van der Waals surface area contributed by atoms with E-state index in [1.165, 1.54) is 0 Å². The Bertz CT molecular complexity index is 683. The van der Waals surface area contributed by atoms with E-state index in [9.17, 15) is 21.6 Å². The number of sulfone groups is 1. The van der Waals surface area contributed by atoms with Crippen LogP contribution >= 0.6 is 11.3 Å². The van der Waals surface area contributed by atoms with Crippen LogP contribution in [0.1, 0.15) is 23.2 Å².